The van der Waals surface area contributed by atoms with E-state index in [2.05, 4.69) is 10.1 Å². The summed E-state index contributed by atoms with van der Waals surface area (Å²) in [5.74, 6) is 0. The monoisotopic (exact) mass is 277 g/mol. The van der Waals surface area contributed by atoms with Gasteiger partial charge >= 0.3 is 0 Å². The third-order valence-electron chi connectivity index (χ3n) is 3.20. The second-order valence-corrected chi connectivity index (χ2v) is 5.80. The molecule has 0 aromatic heterocycles. The standard InChI is InChI=1S/C8H17NO3.C5H10O2/c10-5-7(12)8(6-11)1-3-9-4-2-8;1-5(2,3)7-4-6/h7,9-12H,1-6H2;4H,1-3H3. The highest BCUT2D eigenvalue weighted by atomic mass is 16.5. The number of carbonyl (C=O) groups excluding carboxylic acids is 1. The van der Waals surface area contributed by atoms with Crippen LogP contribution in [0.2, 0.25) is 0 Å². The van der Waals surface area contributed by atoms with Gasteiger partial charge in [0.05, 0.1) is 19.3 Å². The number of aliphatic hydroxyl groups excluding tert-OH is 3. The zero-order valence-electron chi connectivity index (χ0n) is 12.1. The lowest BCUT2D eigenvalue weighted by molar-refractivity contribution is -0.138. The molecule has 1 heterocycles. The van der Waals surface area contributed by atoms with Crippen LogP contribution in [0, 0.1) is 5.41 Å². The first-order valence-electron chi connectivity index (χ1n) is 6.53. The van der Waals surface area contributed by atoms with Crippen molar-refractivity contribution >= 4 is 6.47 Å². The van der Waals surface area contributed by atoms with Crippen molar-refractivity contribution in [3.63, 3.8) is 0 Å². The van der Waals surface area contributed by atoms with Gasteiger partial charge in [-0.3, -0.25) is 4.79 Å². The number of hydrogen-bond donors (Lipinski definition) is 4. The molecule has 1 aliphatic heterocycles. The lowest BCUT2D eigenvalue weighted by Crippen LogP contribution is -2.48. The zero-order valence-corrected chi connectivity index (χ0v) is 12.1. The summed E-state index contributed by atoms with van der Waals surface area (Å²) < 4.78 is 4.55. The number of aliphatic hydroxyl groups is 3. The normalized spacial score (nSPS) is 19.9. The Hall–Kier alpha value is -0.690. The lowest BCUT2D eigenvalue weighted by Gasteiger charge is -2.39. The molecule has 0 radical (unpaired) electrons. The van der Waals surface area contributed by atoms with Crippen LogP contribution in [0.15, 0.2) is 0 Å². The molecule has 1 aliphatic rings. The summed E-state index contributed by atoms with van der Waals surface area (Å²) in [5.41, 5.74) is -0.790. The van der Waals surface area contributed by atoms with Crippen molar-refractivity contribution in [2.45, 2.75) is 45.3 Å². The Morgan fingerprint density at radius 1 is 1.32 bits per heavy atom. The summed E-state index contributed by atoms with van der Waals surface area (Å²) >= 11 is 0. The summed E-state index contributed by atoms with van der Waals surface area (Å²) in [7, 11) is 0. The van der Waals surface area contributed by atoms with Gasteiger partial charge in [0.2, 0.25) is 0 Å². The van der Waals surface area contributed by atoms with E-state index in [0.717, 1.165) is 25.9 Å². The zero-order chi connectivity index (χ0) is 14.9. The fourth-order valence-corrected chi connectivity index (χ4v) is 1.86. The van der Waals surface area contributed by atoms with E-state index in [-0.39, 0.29) is 18.8 Å². The van der Waals surface area contributed by atoms with Gasteiger partial charge in [-0.15, -0.1) is 0 Å². The van der Waals surface area contributed by atoms with Crippen molar-refractivity contribution in [1.82, 2.24) is 5.32 Å². The number of ether oxygens (including phenoxy) is 1. The van der Waals surface area contributed by atoms with Crippen molar-refractivity contribution in [1.29, 1.82) is 0 Å². The topological polar surface area (TPSA) is 99.0 Å². The largest absolute Gasteiger partial charge is 0.462 e. The van der Waals surface area contributed by atoms with Crippen molar-refractivity contribution in [3.8, 4) is 0 Å². The maximum absolute atomic E-state index is 9.60. The van der Waals surface area contributed by atoms with Gasteiger partial charge in [-0.1, -0.05) is 0 Å². The first-order valence-corrected chi connectivity index (χ1v) is 6.53. The van der Waals surface area contributed by atoms with Gasteiger partial charge in [-0.05, 0) is 46.7 Å². The Balaban J connectivity index is 0.000000399. The van der Waals surface area contributed by atoms with Gasteiger partial charge in [0.15, 0.2) is 0 Å². The molecule has 0 saturated carbocycles. The molecule has 6 nitrogen and oxygen atoms in total. The highest BCUT2D eigenvalue weighted by Gasteiger charge is 2.37. The fraction of sp³-hybridized carbons (Fsp3) is 0.923. The van der Waals surface area contributed by atoms with Gasteiger partial charge < -0.3 is 25.4 Å². The Morgan fingerprint density at radius 3 is 2.11 bits per heavy atom. The first-order chi connectivity index (χ1) is 8.81. The van der Waals surface area contributed by atoms with E-state index < -0.39 is 11.5 Å². The summed E-state index contributed by atoms with van der Waals surface area (Å²) in [5, 5.41) is 30.6. The number of carbonyl (C=O) groups is 1. The van der Waals surface area contributed by atoms with Crippen LogP contribution < -0.4 is 5.32 Å². The number of hydrogen-bond acceptors (Lipinski definition) is 6. The molecule has 0 aromatic rings. The van der Waals surface area contributed by atoms with E-state index in [9.17, 15) is 9.90 Å². The van der Waals surface area contributed by atoms with Gasteiger partial charge in [-0.2, -0.15) is 0 Å². The van der Waals surface area contributed by atoms with Crippen molar-refractivity contribution in [2.24, 2.45) is 5.41 Å². The Kier molecular flexibility index (Phi) is 8.17. The molecule has 114 valence electrons. The van der Waals surface area contributed by atoms with Gasteiger partial charge in [0.25, 0.3) is 6.47 Å². The van der Waals surface area contributed by atoms with Crippen LogP contribution in [0.3, 0.4) is 0 Å². The Bertz CT molecular complexity index is 246. The number of nitrogens with one attached hydrogen (secondary N) is 1. The van der Waals surface area contributed by atoms with Crippen LogP contribution in [0.4, 0.5) is 0 Å². The molecule has 1 saturated heterocycles. The third-order valence-corrected chi connectivity index (χ3v) is 3.20. The van der Waals surface area contributed by atoms with Crippen LogP contribution in [0.25, 0.3) is 0 Å². The van der Waals surface area contributed by atoms with Crippen molar-refractivity contribution in [2.75, 3.05) is 26.3 Å². The summed E-state index contributed by atoms with van der Waals surface area (Å²) in [6.07, 6.45) is 0.667. The Morgan fingerprint density at radius 2 is 1.84 bits per heavy atom. The molecular weight excluding hydrogens is 250 g/mol. The predicted octanol–water partition coefficient (Wildman–Crippen LogP) is -0.340. The van der Waals surface area contributed by atoms with Crippen LogP contribution >= 0.6 is 0 Å². The summed E-state index contributed by atoms with van der Waals surface area (Å²) in [6, 6.07) is 0. The maximum atomic E-state index is 9.60. The van der Waals surface area contributed by atoms with Crippen LogP contribution in [-0.4, -0.2) is 59.8 Å². The van der Waals surface area contributed by atoms with Crippen LogP contribution in [0.1, 0.15) is 33.6 Å². The second kappa shape index (κ2) is 8.47. The molecule has 0 aliphatic carbocycles. The molecule has 4 N–H and O–H groups in total. The van der Waals surface area contributed by atoms with E-state index in [1.807, 2.05) is 20.8 Å². The smallest absolute Gasteiger partial charge is 0.293 e. The van der Waals surface area contributed by atoms with Crippen LogP contribution in [-0.2, 0) is 9.53 Å². The van der Waals surface area contributed by atoms with Gasteiger partial charge in [0, 0.05) is 5.41 Å². The average Bonchev–Trinajstić information content (AvgIpc) is 2.38. The van der Waals surface area contributed by atoms with E-state index >= 15 is 0 Å². The van der Waals surface area contributed by atoms with Crippen molar-refractivity contribution < 1.29 is 24.9 Å². The van der Waals surface area contributed by atoms with E-state index in [1.54, 1.807) is 0 Å². The molecule has 1 rings (SSSR count). The third kappa shape index (κ3) is 6.87. The molecule has 1 unspecified atom stereocenters. The van der Waals surface area contributed by atoms with E-state index in [4.69, 9.17) is 10.2 Å². The SMILES string of the molecule is CC(C)(C)OC=O.OCC(O)C1(CO)CCNCC1. The maximum Gasteiger partial charge on any atom is 0.293 e. The average molecular weight is 277 g/mol. The van der Waals surface area contributed by atoms with E-state index in [1.165, 1.54) is 0 Å². The second-order valence-electron chi connectivity index (χ2n) is 5.80. The number of rotatable bonds is 4. The minimum atomic E-state index is -0.787. The van der Waals surface area contributed by atoms with E-state index in [0.29, 0.717) is 6.47 Å². The summed E-state index contributed by atoms with van der Waals surface area (Å²) in [6.45, 7) is 7.22. The molecule has 19 heavy (non-hydrogen) atoms. The molecule has 1 fully saturated rings. The first kappa shape index (κ1) is 18.3. The highest BCUT2D eigenvalue weighted by molar-refractivity contribution is 5.37. The van der Waals surface area contributed by atoms with Gasteiger partial charge in [0.1, 0.15) is 5.60 Å². The molecule has 0 amide bonds. The minimum absolute atomic E-state index is 0.0452. The highest BCUT2D eigenvalue weighted by Crippen LogP contribution is 2.31. The molecule has 6 heteroatoms. The molecule has 0 bridgehead atoms. The summed E-state index contributed by atoms with van der Waals surface area (Å²) in [4.78, 5) is 9.60. The van der Waals surface area contributed by atoms with Gasteiger partial charge in [-0.25, -0.2) is 0 Å². The van der Waals surface area contributed by atoms with Crippen LogP contribution in [0.5, 0.6) is 0 Å². The lowest BCUT2D eigenvalue weighted by atomic mass is 9.75. The molecule has 1 atom stereocenters. The predicted molar refractivity (Wildman–Crippen MR) is 71.6 cm³/mol. The fourth-order valence-electron chi connectivity index (χ4n) is 1.86. The van der Waals surface area contributed by atoms with Crippen molar-refractivity contribution in [3.05, 3.63) is 0 Å². The molecule has 0 spiro atoms. The quantitative estimate of drug-likeness (QED) is 0.525. The minimum Gasteiger partial charge on any atom is -0.462 e. The number of piperidine rings is 1. The Labute approximate surface area is 114 Å². The molecule has 0 aromatic carbocycles. The molecular formula is C13H27NO5.